The maximum absolute atomic E-state index is 11.0. The van der Waals surface area contributed by atoms with Gasteiger partial charge in [-0.05, 0) is 13.8 Å². The molecule has 0 spiro atoms. The van der Waals surface area contributed by atoms with Gasteiger partial charge in [-0.3, -0.25) is 0 Å². The molecule has 0 aromatic rings. The molecule has 0 saturated carbocycles. The molecule has 84 valence electrons. The van der Waals surface area contributed by atoms with Crippen LogP contribution in [0.3, 0.4) is 0 Å². The molecule has 0 aliphatic carbocycles. The molecule has 0 aliphatic heterocycles. The fourth-order valence-corrected chi connectivity index (χ4v) is 0.810. The maximum atomic E-state index is 11.0. The highest BCUT2D eigenvalue weighted by Gasteiger charge is 2.10. The summed E-state index contributed by atoms with van der Waals surface area (Å²) in [5, 5.41) is 15.1. The molecule has 5 heteroatoms. The van der Waals surface area contributed by atoms with Crippen LogP contribution in [0, 0.1) is 0 Å². The van der Waals surface area contributed by atoms with Crippen molar-refractivity contribution in [1.82, 2.24) is 15.5 Å². The van der Waals surface area contributed by atoms with Gasteiger partial charge in [-0.2, -0.15) is 0 Å². The molecular weight excluding hydrogens is 182 g/mol. The third-order valence-corrected chi connectivity index (χ3v) is 1.54. The predicted molar refractivity (Wildman–Crippen MR) is 56.3 cm³/mol. The van der Waals surface area contributed by atoms with Crippen molar-refractivity contribution >= 4 is 6.03 Å². The van der Waals surface area contributed by atoms with Gasteiger partial charge in [0.1, 0.15) is 0 Å². The zero-order valence-corrected chi connectivity index (χ0v) is 9.42. The average molecular weight is 203 g/mol. The molecule has 0 atom stereocenters. The quantitative estimate of drug-likeness (QED) is 0.534. The smallest absolute Gasteiger partial charge is 0.316 e. The van der Waals surface area contributed by atoms with E-state index in [0.717, 1.165) is 0 Å². The van der Waals surface area contributed by atoms with Crippen LogP contribution in [0.2, 0.25) is 0 Å². The summed E-state index contributed by atoms with van der Waals surface area (Å²) in [4.78, 5) is 12.5. The van der Waals surface area contributed by atoms with Crippen LogP contribution in [-0.2, 0) is 0 Å². The standard InChI is InChI=1S/C9H21N3O2/c1-9(2,14)7-10-5-6-11-8(13)12(3)4/h10,14H,5-7H2,1-4H3,(H,11,13). The minimum atomic E-state index is -0.703. The van der Waals surface area contributed by atoms with E-state index >= 15 is 0 Å². The number of rotatable bonds is 5. The van der Waals surface area contributed by atoms with E-state index in [2.05, 4.69) is 10.6 Å². The Morgan fingerprint density at radius 2 is 1.93 bits per heavy atom. The van der Waals surface area contributed by atoms with Crippen molar-refractivity contribution in [2.75, 3.05) is 33.7 Å². The van der Waals surface area contributed by atoms with Crippen molar-refractivity contribution in [2.24, 2.45) is 0 Å². The summed E-state index contributed by atoms with van der Waals surface area (Å²) in [7, 11) is 3.39. The van der Waals surface area contributed by atoms with E-state index in [1.54, 1.807) is 27.9 Å². The SMILES string of the molecule is CN(C)C(=O)NCCNCC(C)(C)O. The zero-order chi connectivity index (χ0) is 11.2. The molecule has 0 aromatic heterocycles. The molecule has 14 heavy (non-hydrogen) atoms. The van der Waals surface area contributed by atoms with Gasteiger partial charge in [-0.25, -0.2) is 4.79 Å². The van der Waals surface area contributed by atoms with Crippen LogP contribution >= 0.6 is 0 Å². The first kappa shape index (κ1) is 13.2. The van der Waals surface area contributed by atoms with Crippen LogP contribution in [-0.4, -0.2) is 55.4 Å². The third-order valence-electron chi connectivity index (χ3n) is 1.54. The van der Waals surface area contributed by atoms with Gasteiger partial charge in [0, 0.05) is 33.7 Å². The summed E-state index contributed by atoms with van der Waals surface area (Å²) in [6.45, 7) is 5.21. The number of nitrogens with one attached hydrogen (secondary N) is 2. The van der Waals surface area contributed by atoms with Gasteiger partial charge in [-0.15, -0.1) is 0 Å². The lowest BCUT2D eigenvalue weighted by Crippen LogP contribution is -2.41. The van der Waals surface area contributed by atoms with E-state index in [0.29, 0.717) is 19.6 Å². The monoisotopic (exact) mass is 203 g/mol. The second-order valence-corrected chi connectivity index (χ2v) is 4.12. The summed E-state index contributed by atoms with van der Waals surface area (Å²) in [6, 6.07) is -0.102. The average Bonchev–Trinajstić information content (AvgIpc) is 2.01. The van der Waals surface area contributed by atoms with Gasteiger partial charge in [0.25, 0.3) is 0 Å². The van der Waals surface area contributed by atoms with Crippen LogP contribution in [0.5, 0.6) is 0 Å². The van der Waals surface area contributed by atoms with Crippen molar-refractivity contribution in [1.29, 1.82) is 0 Å². The number of amides is 2. The fourth-order valence-electron chi connectivity index (χ4n) is 0.810. The highest BCUT2D eigenvalue weighted by atomic mass is 16.3. The topological polar surface area (TPSA) is 64.6 Å². The van der Waals surface area contributed by atoms with Crippen molar-refractivity contribution in [2.45, 2.75) is 19.4 Å². The Balaban J connectivity index is 3.35. The summed E-state index contributed by atoms with van der Waals surface area (Å²) in [6.07, 6.45) is 0. The van der Waals surface area contributed by atoms with Gasteiger partial charge in [0.05, 0.1) is 5.60 Å². The molecule has 0 fully saturated rings. The van der Waals surface area contributed by atoms with Crippen molar-refractivity contribution in [3.63, 3.8) is 0 Å². The van der Waals surface area contributed by atoms with E-state index in [9.17, 15) is 9.90 Å². The number of nitrogens with zero attached hydrogens (tertiary/aromatic N) is 1. The lowest BCUT2D eigenvalue weighted by atomic mass is 10.1. The highest BCUT2D eigenvalue weighted by molar-refractivity contribution is 5.73. The number of urea groups is 1. The lowest BCUT2D eigenvalue weighted by molar-refractivity contribution is 0.0802. The van der Waals surface area contributed by atoms with Crippen LogP contribution in [0.4, 0.5) is 4.79 Å². The summed E-state index contributed by atoms with van der Waals surface area (Å²) in [5.41, 5.74) is -0.703. The summed E-state index contributed by atoms with van der Waals surface area (Å²) >= 11 is 0. The van der Waals surface area contributed by atoms with Gasteiger partial charge >= 0.3 is 6.03 Å². The first-order valence-electron chi connectivity index (χ1n) is 4.71. The Morgan fingerprint density at radius 3 is 2.36 bits per heavy atom. The molecule has 0 rings (SSSR count). The molecule has 0 bridgehead atoms. The zero-order valence-electron chi connectivity index (χ0n) is 9.42. The van der Waals surface area contributed by atoms with Gasteiger partial charge in [-0.1, -0.05) is 0 Å². The molecule has 5 nitrogen and oxygen atoms in total. The molecular formula is C9H21N3O2. The van der Waals surface area contributed by atoms with E-state index in [1.165, 1.54) is 4.90 Å². The molecule has 0 radical (unpaired) electrons. The lowest BCUT2D eigenvalue weighted by Gasteiger charge is -2.18. The Morgan fingerprint density at radius 1 is 1.36 bits per heavy atom. The van der Waals surface area contributed by atoms with Crippen molar-refractivity contribution < 1.29 is 9.90 Å². The molecule has 0 saturated heterocycles. The second-order valence-electron chi connectivity index (χ2n) is 4.12. The molecule has 3 N–H and O–H groups in total. The van der Waals surface area contributed by atoms with Gasteiger partial charge in [0.15, 0.2) is 0 Å². The van der Waals surface area contributed by atoms with E-state index in [1.807, 2.05) is 0 Å². The Kier molecular flexibility index (Phi) is 5.49. The maximum Gasteiger partial charge on any atom is 0.316 e. The fraction of sp³-hybridized carbons (Fsp3) is 0.889. The Bertz CT molecular complexity index is 175. The largest absolute Gasteiger partial charge is 0.389 e. The first-order chi connectivity index (χ1) is 6.33. The minimum Gasteiger partial charge on any atom is -0.389 e. The van der Waals surface area contributed by atoms with Crippen molar-refractivity contribution in [3.05, 3.63) is 0 Å². The van der Waals surface area contributed by atoms with Crippen LogP contribution in [0.15, 0.2) is 0 Å². The molecule has 0 unspecified atom stereocenters. The molecule has 0 aromatic carbocycles. The molecule has 0 aliphatic rings. The van der Waals surface area contributed by atoms with Crippen molar-refractivity contribution in [3.8, 4) is 0 Å². The van der Waals surface area contributed by atoms with Crippen LogP contribution in [0.25, 0.3) is 0 Å². The Labute approximate surface area is 85.5 Å². The number of carbonyl (C=O) groups excluding carboxylic acids is 1. The third kappa shape index (κ3) is 7.82. The number of carbonyl (C=O) groups is 1. The Hall–Kier alpha value is -0.810. The molecule has 2 amide bonds. The normalized spacial score (nSPS) is 11.2. The van der Waals surface area contributed by atoms with Gasteiger partial charge in [0.2, 0.25) is 0 Å². The highest BCUT2D eigenvalue weighted by Crippen LogP contribution is 1.96. The number of hydrogen-bond acceptors (Lipinski definition) is 3. The van der Waals surface area contributed by atoms with E-state index < -0.39 is 5.60 Å². The first-order valence-corrected chi connectivity index (χ1v) is 4.71. The predicted octanol–water partition coefficient (Wildman–Crippen LogP) is -0.382. The summed E-state index contributed by atoms with van der Waals surface area (Å²) < 4.78 is 0. The molecule has 0 heterocycles. The van der Waals surface area contributed by atoms with Crippen LogP contribution < -0.4 is 10.6 Å². The van der Waals surface area contributed by atoms with E-state index in [4.69, 9.17) is 0 Å². The number of hydrogen-bond donors (Lipinski definition) is 3. The minimum absolute atomic E-state index is 0.102. The van der Waals surface area contributed by atoms with Gasteiger partial charge < -0.3 is 20.6 Å². The second kappa shape index (κ2) is 5.82. The number of aliphatic hydroxyl groups is 1. The summed E-state index contributed by atoms with van der Waals surface area (Å²) in [5.74, 6) is 0. The van der Waals surface area contributed by atoms with E-state index in [-0.39, 0.29) is 6.03 Å². The van der Waals surface area contributed by atoms with Crippen LogP contribution in [0.1, 0.15) is 13.8 Å².